The molecule has 0 aliphatic rings. The van der Waals surface area contributed by atoms with Crippen LogP contribution in [-0.2, 0) is 0 Å². The van der Waals surface area contributed by atoms with Crippen LogP contribution in [0.1, 0.15) is 33.6 Å². The van der Waals surface area contributed by atoms with E-state index in [2.05, 4.69) is 31.8 Å². The number of unbranched alkanes of at least 4 members (excludes halogenated alkanes) is 1. The van der Waals surface area contributed by atoms with E-state index in [4.69, 9.17) is 0 Å². The van der Waals surface area contributed by atoms with Gasteiger partial charge in [0, 0.05) is 13.3 Å². The van der Waals surface area contributed by atoms with Crippen molar-refractivity contribution in [3.63, 3.8) is 0 Å². The maximum absolute atomic E-state index is 4.02. The third-order valence-electron chi connectivity index (χ3n) is 1.61. The van der Waals surface area contributed by atoms with Crippen molar-refractivity contribution in [2.24, 2.45) is 10.9 Å². The minimum absolute atomic E-state index is 0.602. The maximum Gasteiger partial charge on any atom is 0.0277 e. The fraction of sp³-hybridized carbons (Fsp3) is 0.700. The lowest BCUT2D eigenvalue weighted by molar-refractivity contribution is 0.794. The molecule has 0 atom stereocenters. The maximum atomic E-state index is 4.02. The Morgan fingerprint density at radius 2 is 2.09 bits per heavy atom. The molecule has 0 aromatic rings. The molecule has 0 rings (SSSR count). The molecule has 0 spiro atoms. The van der Waals surface area contributed by atoms with E-state index < -0.39 is 0 Å². The summed E-state index contributed by atoms with van der Waals surface area (Å²) in [6, 6.07) is 0. The van der Waals surface area contributed by atoms with Crippen LogP contribution in [0.25, 0.3) is 0 Å². The molecule has 0 aromatic heterocycles. The highest BCUT2D eigenvalue weighted by atomic mass is 14.6. The highest BCUT2D eigenvalue weighted by Gasteiger charge is 1.97. The fourth-order valence-electron chi connectivity index (χ4n) is 0.898. The minimum Gasteiger partial charge on any atom is -0.296 e. The second kappa shape index (κ2) is 6.14. The SMILES string of the molecule is CCC/C=C(\C=NC)C(C)C. The Morgan fingerprint density at radius 1 is 1.45 bits per heavy atom. The molecule has 0 amide bonds. The Hall–Kier alpha value is -0.590. The first-order valence-electron chi connectivity index (χ1n) is 4.34. The Labute approximate surface area is 70.2 Å². The van der Waals surface area contributed by atoms with Crippen LogP contribution >= 0.6 is 0 Å². The predicted molar refractivity (Wildman–Crippen MR) is 52.2 cm³/mol. The van der Waals surface area contributed by atoms with Gasteiger partial charge in [0.1, 0.15) is 0 Å². The third kappa shape index (κ3) is 4.77. The first kappa shape index (κ1) is 10.4. The predicted octanol–water partition coefficient (Wildman–Crippen LogP) is 3.07. The van der Waals surface area contributed by atoms with Gasteiger partial charge in [-0.2, -0.15) is 0 Å². The van der Waals surface area contributed by atoms with E-state index in [1.807, 2.05) is 13.3 Å². The van der Waals surface area contributed by atoms with E-state index in [0.29, 0.717) is 5.92 Å². The van der Waals surface area contributed by atoms with Crippen LogP contribution < -0.4 is 0 Å². The topological polar surface area (TPSA) is 12.4 Å². The zero-order valence-corrected chi connectivity index (χ0v) is 8.09. The van der Waals surface area contributed by atoms with Crippen molar-refractivity contribution >= 4 is 6.21 Å². The summed E-state index contributed by atoms with van der Waals surface area (Å²) in [4.78, 5) is 4.02. The molecule has 64 valence electrons. The lowest BCUT2D eigenvalue weighted by atomic mass is 10.0. The lowest BCUT2D eigenvalue weighted by Crippen LogP contribution is -1.95. The Bertz CT molecular complexity index is 143. The number of allylic oxidation sites excluding steroid dienone is 2. The average molecular weight is 153 g/mol. The highest BCUT2D eigenvalue weighted by molar-refractivity contribution is 5.78. The molecule has 0 aliphatic heterocycles. The molecule has 0 radical (unpaired) electrons. The zero-order chi connectivity index (χ0) is 8.69. The van der Waals surface area contributed by atoms with Crippen LogP contribution in [0.5, 0.6) is 0 Å². The molecule has 11 heavy (non-hydrogen) atoms. The zero-order valence-electron chi connectivity index (χ0n) is 8.09. The molecular weight excluding hydrogens is 134 g/mol. The van der Waals surface area contributed by atoms with Crippen LogP contribution in [0.3, 0.4) is 0 Å². The molecule has 0 aliphatic carbocycles. The number of rotatable bonds is 4. The Morgan fingerprint density at radius 3 is 2.45 bits per heavy atom. The van der Waals surface area contributed by atoms with Gasteiger partial charge >= 0.3 is 0 Å². The van der Waals surface area contributed by atoms with Crippen molar-refractivity contribution in [2.75, 3.05) is 7.05 Å². The van der Waals surface area contributed by atoms with Gasteiger partial charge in [-0.25, -0.2) is 0 Å². The standard InChI is InChI=1S/C10H19N/c1-5-6-7-10(8-11-4)9(2)3/h7-9H,5-6H2,1-4H3/b10-7+,11-8?. The van der Waals surface area contributed by atoms with E-state index in [-0.39, 0.29) is 0 Å². The first-order chi connectivity index (χ1) is 5.22. The van der Waals surface area contributed by atoms with E-state index in [0.717, 1.165) is 0 Å². The summed E-state index contributed by atoms with van der Waals surface area (Å²) in [5.74, 6) is 0.602. The fourth-order valence-corrected chi connectivity index (χ4v) is 0.898. The van der Waals surface area contributed by atoms with Gasteiger partial charge in [0.15, 0.2) is 0 Å². The van der Waals surface area contributed by atoms with Crippen molar-refractivity contribution in [1.82, 2.24) is 0 Å². The summed E-state index contributed by atoms with van der Waals surface area (Å²) in [6.07, 6.45) is 6.62. The van der Waals surface area contributed by atoms with E-state index >= 15 is 0 Å². The van der Waals surface area contributed by atoms with Gasteiger partial charge in [-0.15, -0.1) is 0 Å². The third-order valence-corrected chi connectivity index (χ3v) is 1.61. The summed E-state index contributed by atoms with van der Waals surface area (Å²) in [7, 11) is 1.82. The summed E-state index contributed by atoms with van der Waals surface area (Å²) in [5, 5.41) is 0. The molecule has 0 aromatic carbocycles. The van der Waals surface area contributed by atoms with Crippen LogP contribution in [0.15, 0.2) is 16.6 Å². The molecule has 1 heteroatoms. The second-order valence-corrected chi connectivity index (χ2v) is 3.03. The number of aliphatic imine (C=N–C) groups is 1. The molecule has 0 heterocycles. The lowest BCUT2D eigenvalue weighted by Gasteiger charge is -2.04. The minimum atomic E-state index is 0.602. The van der Waals surface area contributed by atoms with Gasteiger partial charge in [0.25, 0.3) is 0 Å². The molecule has 0 N–H and O–H groups in total. The van der Waals surface area contributed by atoms with Gasteiger partial charge < -0.3 is 0 Å². The van der Waals surface area contributed by atoms with E-state index in [1.165, 1.54) is 18.4 Å². The van der Waals surface area contributed by atoms with Crippen molar-refractivity contribution in [2.45, 2.75) is 33.6 Å². The molecule has 0 bridgehead atoms. The van der Waals surface area contributed by atoms with Crippen molar-refractivity contribution in [1.29, 1.82) is 0 Å². The van der Waals surface area contributed by atoms with Gasteiger partial charge in [-0.1, -0.05) is 33.3 Å². The van der Waals surface area contributed by atoms with Crippen molar-refractivity contribution in [3.8, 4) is 0 Å². The molecule has 1 nitrogen and oxygen atoms in total. The first-order valence-corrected chi connectivity index (χ1v) is 4.34. The Kier molecular flexibility index (Phi) is 5.81. The molecule has 0 fully saturated rings. The van der Waals surface area contributed by atoms with Crippen LogP contribution in [0, 0.1) is 5.92 Å². The highest BCUT2D eigenvalue weighted by Crippen LogP contribution is 2.08. The summed E-state index contributed by atoms with van der Waals surface area (Å²) < 4.78 is 0. The number of hydrogen-bond donors (Lipinski definition) is 0. The van der Waals surface area contributed by atoms with Crippen molar-refractivity contribution < 1.29 is 0 Å². The van der Waals surface area contributed by atoms with Gasteiger partial charge in [0.2, 0.25) is 0 Å². The molecular formula is C10H19N. The largest absolute Gasteiger partial charge is 0.296 e. The van der Waals surface area contributed by atoms with E-state index in [9.17, 15) is 0 Å². The average Bonchev–Trinajstić information content (AvgIpc) is 1.97. The van der Waals surface area contributed by atoms with Gasteiger partial charge in [-0.3, -0.25) is 4.99 Å². The monoisotopic (exact) mass is 153 g/mol. The van der Waals surface area contributed by atoms with Gasteiger partial charge in [-0.05, 0) is 17.9 Å². The van der Waals surface area contributed by atoms with Crippen LogP contribution in [-0.4, -0.2) is 13.3 Å². The smallest absolute Gasteiger partial charge is 0.0277 e. The summed E-state index contributed by atoms with van der Waals surface area (Å²) >= 11 is 0. The number of hydrogen-bond acceptors (Lipinski definition) is 1. The molecule has 0 saturated carbocycles. The van der Waals surface area contributed by atoms with Crippen molar-refractivity contribution in [3.05, 3.63) is 11.6 Å². The van der Waals surface area contributed by atoms with Crippen LogP contribution in [0.2, 0.25) is 0 Å². The number of nitrogens with zero attached hydrogens (tertiary/aromatic N) is 1. The quantitative estimate of drug-likeness (QED) is 0.550. The molecule has 0 unspecified atom stereocenters. The van der Waals surface area contributed by atoms with Gasteiger partial charge in [0.05, 0.1) is 0 Å². The normalized spacial score (nSPS) is 13.4. The summed E-state index contributed by atoms with van der Waals surface area (Å²) in [5.41, 5.74) is 1.36. The summed E-state index contributed by atoms with van der Waals surface area (Å²) in [6.45, 7) is 6.59. The van der Waals surface area contributed by atoms with E-state index in [1.54, 1.807) is 0 Å². The Balaban J connectivity index is 4.08. The molecule has 0 saturated heterocycles. The van der Waals surface area contributed by atoms with Crippen LogP contribution in [0.4, 0.5) is 0 Å². The second-order valence-electron chi connectivity index (χ2n) is 3.03.